The molecule has 0 amide bonds. The van der Waals surface area contributed by atoms with Gasteiger partial charge in [0, 0.05) is 16.8 Å². The van der Waals surface area contributed by atoms with E-state index in [1.54, 1.807) is 6.07 Å². The Kier molecular flexibility index (Phi) is 3.70. The normalized spacial score (nSPS) is 10.5. The molecule has 0 saturated carbocycles. The van der Waals surface area contributed by atoms with Gasteiger partial charge in [0.15, 0.2) is 5.78 Å². The van der Waals surface area contributed by atoms with Gasteiger partial charge in [-0.3, -0.25) is 4.79 Å². The number of ketones is 1. The lowest BCUT2D eigenvalue weighted by Crippen LogP contribution is -2.07. The van der Waals surface area contributed by atoms with Crippen molar-refractivity contribution < 1.29 is 4.79 Å². The number of anilines is 1. The standard InChI is InChI=1S/C12H9Br2NOS/c1-6-3-2-4-8(15)10(6)11(16)7-5-9(13)17-12(7)14/h2-5H,15H2,1H3. The summed E-state index contributed by atoms with van der Waals surface area (Å²) in [5.41, 5.74) is 8.51. The van der Waals surface area contributed by atoms with Crippen molar-refractivity contribution in [3.05, 3.63) is 48.5 Å². The molecule has 0 atom stereocenters. The third-order valence-corrected chi connectivity index (χ3v) is 4.77. The number of hydrogen-bond donors (Lipinski definition) is 1. The van der Waals surface area contributed by atoms with E-state index in [0.717, 1.165) is 13.1 Å². The molecule has 2 N–H and O–H groups in total. The monoisotopic (exact) mass is 373 g/mol. The zero-order valence-electron chi connectivity index (χ0n) is 8.96. The Morgan fingerprint density at radius 2 is 2.06 bits per heavy atom. The van der Waals surface area contributed by atoms with Gasteiger partial charge in [-0.1, -0.05) is 12.1 Å². The van der Waals surface area contributed by atoms with E-state index in [2.05, 4.69) is 31.9 Å². The average Bonchev–Trinajstić information content (AvgIpc) is 2.57. The molecule has 1 aromatic carbocycles. The van der Waals surface area contributed by atoms with E-state index >= 15 is 0 Å². The number of carbonyl (C=O) groups is 1. The van der Waals surface area contributed by atoms with Crippen molar-refractivity contribution in [2.75, 3.05) is 5.73 Å². The fourth-order valence-corrected chi connectivity index (χ4v) is 4.42. The zero-order valence-corrected chi connectivity index (χ0v) is 12.9. The van der Waals surface area contributed by atoms with Crippen LogP contribution in [0.2, 0.25) is 0 Å². The molecule has 0 saturated heterocycles. The predicted octanol–water partition coefficient (Wildman–Crippen LogP) is 4.39. The molecule has 5 heteroatoms. The van der Waals surface area contributed by atoms with E-state index in [0.29, 0.717) is 16.8 Å². The predicted molar refractivity (Wildman–Crippen MR) is 78.7 cm³/mol. The zero-order chi connectivity index (χ0) is 12.6. The van der Waals surface area contributed by atoms with Gasteiger partial charge in [-0.15, -0.1) is 11.3 Å². The second kappa shape index (κ2) is 4.92. The fraction of sp³-hybridized carbons (Fsp3) is 0.0833. The van der Waals surface area contributed by atoms with Gasteiger partial charge in [0.25, 0.3) is 0 Å². The van der Waals surface area contributed by atoms with Crippen LogP contribution < -0.4 is 5.73 Å². The summed E-state index contributed by atoms with van der Waals surface area (Å²) in [6.07, 6.45) is 0. The Labute approximate surface area is 120 Å². The maximum Gasteiger partial charge on any atom is 0.197 e. The van der Waals surface area contributed by atoms with Crippen molar-refractivity contribution in [1.82, 2.24) is 0 Å². The Morgan fingerprint density at radius 3 is 2.59 bits per heavy atom. The van der Waals surface area contributed by atoms with Crippen LogP contribution in [0, 0.1) is 6.92 Å². The molecule has 2 aromatic rings. The molecule has 0 fully saturated rings. The molecule has 1 aromatic heterocycles. The SMILES string of the molecule is Cc1cccc(N)c1C(=O)c1cc(Br)sc1Br. The van der Waals surface area contributed by atoms with Crippen LogP contribution in [-0.4, -0.2) is 5.78 Å². The van der Waals surface area contributed by atoms with E-state index in [9.17, 15) is 4.79 Å². The van der Waals surface area contributed by atoms with Crippen LogP contribution in [0.15, 0.2) is 31.8 Å². The van der Waals surface area contributed by atoms with E-state index in [4.69, 9.17) is 5.73 Å². The number of rotatable bonds is 2. The van der Waals surface area contributed by atoms with Crippen LogP contribution in [0.3, 0.4) is 0 Å². The maximum atomic E-state index is 12.4. The van der Waals surface area contributed by atoms with Crippen molar-refractivity contribution >= 4 is 54.7 Å². The topological polar surface area (TPSA) is 43.1 Å². The van der Waals surface area contributed by atoms with Crippen molar-refractivity contribution in [1.29, 1.82) is 0 Å². The number of nitrogens with two attached hydrogens (primary N) is 1. The van der Waals surface area contributed by atoms with Crippen molar-refractivity contribution in [2.45, 2.75) is 6.92 Å². The van der Waals surface area contributed by atoms with Crippen molar-refractivity contribution in [3.63, 3.8) is 0 Å². The van der Waals surface area contributed by atoms with E-state index < -0.39 is 0 Å². The molecule has 0 bridgehead atoms. The van der Waals surface area contributed by atoms with Gasteiger partial charge >= 0.3 is 0 Å². The van der Waals surface area contributed by atoms with Gasteiger partial charge in [-0.05, 0) is 56.5 Å². The molecule has 0 radical (unpaired) electrons. The van der Waals surface area contributed by atoms with Crippen LogP contribution in [0.5, 0.6) is 0 Å². The first kappa shape index (κ1) is 12.8. The summed E-state index contributed by atoms with van der Waals surface area (Å²) in [4.78, 5) is 12.4. The number of nitrogen functional groups attached to an aromatic ring is 1. The molecule has 0 aliphatic carbocycles. The van der Waals surface area contributed by atoms with Crippen molar-refractivity contribution in [3.8, 4) is 0 Å². The molecule has 0 aliphatic heterocycles. The van der Waals surface area contributed by atoms with Gasteiger partial charge in [-0.2, -0.15) is 0 Å². The first-order chi connectivity index (χ1) is 8.00. The molecular weight excluding hydrogens is 366 g/mol. The quantitative estimate of drug-likeness (QED) is 0.625. The van der Waals surface area contributed by atoms with Crippen LogP contribution in [0.4, 0.5) is 5.69 Å². The Bertz CT molecular complexity index is 572. The van der Waals surface area contributed by atoms with Gasteiger partial charge in [0.2, 0.25) is 0 Å². The average molecular weight is 375 g/mol. The molecule has 17 heavy (non-hydrogen) atoms. The molecule has 0 spiro atoms. The Hall–Kier alpha value is -0.650. The van der Waals surface area contributed by atoms with Gasteiger partial charge in [0.05, 0.1) is 7.57 Å². The van der Waals surface area contributed by atoms with Crippen molar-refractivity contribution in [2.24, 2.45) is 0 Å². The summed E-state index contributed by atoms with van der Waals surface area (Å²) in [5.74, 6) is -0.0468. The van der Waals surface area contributed by atoms with Crippen LogP contribution in [0.1, 0.15) is 21.5 Å². The van der Waals surface area contributed by atoms with E-state index in [1.807, 2.05) is 25.1 Å². The fourth-order valence-electron chi connectivity index (χ4n) is 1.63. The Morgan fingerprint density at radius 1 is 1.35 bits per heavy atom. The summed E-state index contributed by atoms with van der Waals surface area (Å²) in [6, 6.07) is 7.29. The maximum absolute atomic E-state index is 12.4. The lowest BCUT2D eigenvalue weighted by Gasteiger charge is -2.07. The molecule has 2 nitrogen and oxygen atoms in total. The third-order valence-electron chi connectivity index (χ3n) is 2.43. The molecule has 0 aliphatic rings. The minimum Gasteiger partial charge on any atom is -0.398 e. The highest BCUT2D eigenvalue weighted by molar-refractivity contribution is 9.12. The number of carbonyl (C=O) groups excluding carboxylic acids is 1. The third kappa shape index (κ3) is 2.46. The number of halogens is 2. The van der Waals surface area contributed by atoms with Crippen LogP contribution >= 0.6 is 43.2 Å². The lowest BCUT2D eigenvalue weighted by molar-refractivity contribution is 0.103. The lowest BCUT2D eigenvalue weighted by atomic mass is 9.99. The smallest absolute Gasteiger partial charge is 0.197 e. The summed E-state index contributed by atoms with van der Waals surface area (Å²) >= 11 is 8.23. The highest BCUT2D eigenvalue weighted by atomic mass is 79.9. The summed E-state index contributed by atoms with van der Waals surface area (Å²) in [6.45, 7) is 1.89. The minimum atomic E-state index is -0.0468. The van der Waals surface area contributed by atoms with Crippen LogP contribution in [0.25, 0.3) is 0 Å². The number of aryl methyl sites for hydroxylation is 1. The highest BCUT2D eigenvalue weighted by Gasteiger charge is 2.19. The van der Waals surface area contributed by atoms with Gasteiger partial charge in [-0.25, -0.2) is 0 Å². The largest absolute Gasteiger partial charge is 0.398 e. The first-order valence-corrected chi connectivity index (χ1v) is 7.25. The van der Waals surface area contributed by atoms with Gasteiger partial charge in [0.1, 0.15) is 0 Å². The second-order valence-corrected chi connectivity index (χ2v) is 7.36. The van der Waals surface area contributed by atoms with E-state index in [1.165, 1.54) is 11.3 Å². The molecule has 0 unspecified atom stereocenters. The first-order valence-electron chi connectivity index (χ1n) is 4.85. The Balaban J connectivity index is 2.55. The minimum absolute atomic E-state index is 0.0468. The van der Waals surface area contributed by atoms with E-state index in [-0.39, 0.29) is 5.78 Å². The van der Waals surface area contributed by atoms with Crippen LogP contribution in [-0.2, 0) is 0 Å². The molecule has 1 heterocycles. The number of hydrogen-bond acceptors (Lipinski definition) is 3. The molecule has 2 rings (SSSR count). The van der Waals surface area contributed by atoms with Gasteiger partial charge < -0.3 is 5.73 Å². The summed E-state index contributed by atoms with van der Waals surface area (Å²) in [7, 11) is 0. The molecular formula is C12H9Br2NOS. The number of benzene rings is 1. The summed E-state index contributed by atoms with van der Waals surface area (Å²) < 4.78 is 1.73. The number of thiophene rings is 1. The second-order valence-electron chi connectivity index (χ2n) is 3.61. The highest BCUT2D eigenvalue weighted by Crippen LogP contribution is 2.34. The molecule has 88 valence electrons. The summed E-state index contributed by atoms with van der Waals surface area (Å²) in [5, 5.41) is 0.